The van der Waals surface area contributed by atoms with E-state index in [0.717, 1.165) is 12.8 Å². The van der Waals surface area contributed by atoms with Gasteiger partial charge in [0.1, 0.15) is 11.9 Å². The molecule has 0 bridgehead atoms. The average molecular weight is 264 g/mol. The Kier molecular flexibility index (Phi) is 3.94. The van der Waals surface area contributed by atoms with E-state index in [1.54, 1.807) is 19.2 Å². The Morgan fingerprint density at radius 3 is 2.84 bits per heavy atom. The van der Waals surface area contributed by atoms with Gasteiger partial charge in [-0.25, -0.2) is 19.6 Å². The van der Waals surface area contributed by atoms with E-state index >= 15 is 0 Å². The zero-order valence-electron chi connectivity index (χ0n) is 10.6. The van der Waals surface area contributed by atoms with Crippen LogP contribution < -0.4 is 10.6 Å². The molecule has 1 fully saturated rings. The van der Waals surface area contributed by atoms with Gasteiger partial charge in [-0.1, -0.05) is 0 Å². The molecule has 7 heteroatoms. The van der Waals surface area contributed by atoms with E-state index in [0.29, 0.717) is 11.5 Å². The second-order valence-electron chi connectivity index (χ2n) is 4.58. The van der Waals surface area contributed by atoms with E-state index in [1.165, 1.54) is 0 Å². The average Bonchev–Trinajstić information content (AvgIpc) is 3.17. The number of nitrogens with one attached hydrogen (secondary N) is 2. The minimum Gasteiger partial charge on any atom is -0.480 e. The van der Waals surface area contributed by atoms with Crippen molar-refractivity contribution in [1.29, 1.82) is 0 Å². The van der Waals surface area contributed by atoms with E-state index in [-0.39, 0.29) is 12.5 Å². The molecule has 0 aliphatic heterocycles. The molecule has 2 rings (SSSR count). The molecular weight excluding hydrogens is 248 g/mol. The number of hydrogen-bond donors (Lipinski definition) is 3. The van der Waals surface area contributed by atoms with Crippen LogP contribution in [-0.2, 0) is 11.3 Å². The summed E-state index contributed by atoms with van der Waals surface area (Å²) in [5.41, 5.74) is 0.681. The van der Waals surface area contributed by atoms with Crippen LogP contribution in [0.3, 0.4) is 0 Å². The van der Waals surface area contributed by atoms with E-state index in [1.807, 2.05) is 0 Å². The second-order valence-corrected chi connectivity index (χ2v) is 4.58. The topological polar surface area (TPSA) is 104 Å². The maximum Gasteiger partial charge on any atom is 0.326 e. The van der Waals surface area contributed by atoms with Crippen LogP contribution in [0.5, 0.6) is 0 Å². The van der Waals surface area contributed by atoms with Gasteiger partial charge in [0.25, 0.3) is 0 Å². The molecule has 0 aromatic carbocycles. The molecule has 1 aliphatic rings. The Hall–Kier alpha value is -2.18. The summed E-state index contributed by atoms with van der Waals surface area (Å²) >= 11 is 0. The maximum atomic E-state index is 11.6. The van der Waals surface area contributed by atoms with Crippen LogP contribution in [0, 0.1) is 12.8 Å². The number of hydrogen-bond acceptors (Lipinski definition) is 4. The van der Waals surface area contributed by atoms with Gasteiger partial charge < -0.3 is 15.7 Å². The fourth-order valence-electron chi connectivity index (χ4n) is 1.78. The van der Waals surface area contributed by atoms with Crippen molar-refractivity contribution < 1.29 is 14.7 Å². The van der Waals surface area contributed by atoms with E-state index in [2.05, 4.69) is 20.6 Å². The van der Waals surface area contributed by atoms with Crippen LogP contribution in [-0.4, -0.2) is 33.1 Å². The lowest BCUT2D eigenvalue weighted by Crippen LogP contribution is -2.47. The molecule has 2 amide bonds. The fourth-order valence-corrected chi connectivity index (χ4v) is 1.78. The van der Waals surface area contributed by atoms with E-state index in [9.17, 15) is 9.59 Å². The predicted molar refractivity (Wildman–Crippen MR) is 66.3 cm³/mol. The molecule has 1 aromatic heterocycles. The van der Waals surface area contributed by atoms with Crippen molar-refractivity contribution in [1.82, 2.24) is 20.6 Å². The van der Waals surface area contributed by atoms with Crippen molar-refractivity contribution in [3.63, 3.8) is 0 Å². The summed E-state index contributed by atoms with van der Waals surface area (Å²) in [7, 11) is 0. The minimum absolute atomic E-state index is 0.0598. The predicted octanol–water partition coefficient (Wildman–Crippen LogP) is 0.447. The van der Waals surface area contributed by atoms with Crippen LogP contribution in [0.4, 0.5) is 4.79 Å². The van der Waals surface area contributed by atoms with Gasteiger partial charge in [0, 0.05) is 6.20 Å². The van der Waals surface area contributed by atoms with Gasteiger partial charge in [0.15, 0.2) is 0 Å². The van der Waals surface area contributed by atoms with Crippen molar-refractivity contribution in [3.05, 3.63) is 23.8 Å². The van der Waals surface area contributed by atoms with Crippen molar-refractivity contribution in [2.75, 3.05) is 0 Å². The number of carboxylic acids is 1. The molecule has 7 nitrogen and oxygen atoms in total. The first-order valence-corrected chi connectivity index (χ1v) is 6.12. The van der Waals surface area contributed by atoms with Crippen LogP contribution in [0.15, 0.2) is 12.3 Å². The van der Waals surface area contributed by atoms with Crippen molar-refractivity contribution in [2.45, 2.75) is 32.4 Å². The lowest BCUT2D eigenvalue weighted by Gasteiger charge is -2.14. The van der Waals surface area contributed by atoms with Gasteiger partial charge in [0.05, 0.1) is 12.2 Å². The smallest absolute Gasteiger partial charge is 0.326 e. The Morgan fingerprint density at radius 1 is 1.53 bits per heavy atom. The number of aryl methyl sites for hydroxylation is 1. The third-order valence-electron chi connectivity index (χ3n) is 2.91. The van der Waals surface area contributed by atoms with E-state index < -0.39 is 18.0 Å². The number of nitrogens with zero attached hydrogens (tertiary/aromatic N) is 2. The minimum atomic E-state index is -0.990. The maximum absolute atomic E-state index is 11.6. The normalized spacial score (nSPS) is 15.6. The number of carbonyl (C=O) groups is 2. The number of rotatable bonds is 5. The van der Waals surface area contributed by atoms with Crippen molar-refractivity contribution in [2.24, 2.45) is 5.92 Å². The molecule has 19 heavy (non-hydrogen) atoms. The summed E-state index contributed by atoms with van der Waals surface area (Å²) < 4.78 is 0. The molecule has 1 aromatic rings. The molecular formula is C12H16N4O3. The summed E-state index contributed by atoms with van der Waals surface area (Å²) in [4.78, 5) is 30.7. The van der Waals surface area contributed by atoms with Crippen LogP contribution in [0.2, 0.25) is 0 Å². The summed E-state index contributed by atoms with van der Waals surface area (Å²) in [5.74, 6) is -0.304. The molecule has 0 saturated heterocycles. The lowest BCUT2D eigenvalue weighted by molar-refractivity contribution is -0.139. The Balaban J connectivity index is 1.82. The van der Waals surface area contributed by atoms with Crippen molar-refractivity contribution in [3.8, 4) is 0 Å². The Bertz CT molecular complexity index is 488. The standard InChI is InChI=1S/C12H16N4O3/c1-7-13-5-4-9(15-7)6-14-12(19)16-10(11(17)18)8-2-3-8/h4-5,8,10H,2-3,6H2,1H3,(H,17,18)(H2,14,16,19). The zero-order valence-corrected chi connectivity index (χ0v) is 10.6. The first-order chi connectivity index (χ1) is 9.06. The van der Waals surface area contributed by atoms with Crippen LogP contribution >= 0.6 is 0 Å². The number of amides is 2. The van der Waals surface area contributed by atoms with Gasteiger partial charge in [0.2, 0.25) is 0 Å². The highest BCUT2D eigenvalue weighted by atomic mass is 16.4. The number of urea groups is 1. The Labute approximate surface area is 110 Å². The van der Waals surface area contributed by atoms with Gasteiger partial charge in [-0.3, -0.25) is 0 Å². The third-order valence-corrected chi connectivity index (χ3v) is 2.91. The summed E-state index contributed by atoms with van der Waals surface area (Å²) in [5, 5.41) is 14.1. The quantitative estimate of drug-likeness (QED) is 0.716. The van der Waals surface area contributed by atoms with Crippen molar-refractivity contribution >= 4 is 12.0 Å². The first-order valence-electron chi connectivity index (χ1n) is 6.12. The molecule has 0 spiro atoms. The van der Waals surface area contributed by atoms with Gasteiger partial charge in [-0.05, 0) is 31.7 Å². The Morgan fingerprint density at radius 2 is 2.26 bits per heavy atom. The largest absolute Gasteiger partial charge is 0.480 e. The number of aromatic nitrogens is 2. The molecule has 1 heterocycles. The highest BCUT2D eigenvalue weighted by Gasteiger charge is 2.37. The fraction of sp³-hybridized carbons (Fsp3) is 0.500. The lowest BCUT2D eigenvalue weighted by atomic mass is 10.2. The molecule has 102 valence electrons. The molecule has 1 aliphatic carbocycles. The summed E-state index contributed by atoms with van der Waals surface area (Å²) in [6.07, 6.45) is 3.31. The van der Waals surface area contributed by atoms with E-state index in [4.69, 9.17) is 5.11 Å². The highest BCUT2D eigenvalue weighted by molar-refractivity contribution is 5.83. The summed E-state index contributed by atoms with van der Waals surface area (Å²) in [6.45, 7) is 2.00. The second kappa shape index (κ2) is 5.64. The molecule has 3 N–H and O–H groups in total. The van der Waals surface area contributed by atoms with Gasteiger partial charge in [-0.15, -0.1) is 0 Å². The van der Waals surface area contributed by atoms with Gasteiger partial charge in [-0.2, -0.15) is 0 Å². The molecule has 1 atom stereocenters. The summed E-state index contributed by atoms with van der Waals surface area (Å²) in [6, 6.07) is 0.408. The first kappa shape index (κ1) is 13.3. The van der Waals surface area contributed by atoms with Crippen LogP contribution in [0.25, 0.3) is 0 Å². The molecule has 1 saturated carbocycles. The number of aliphatic carboxylic acids is 1. The number of carboxylic acid groups (broad SMARTS) is 1. The highest BCUT2D eigenvalue weighted by Crippen LogP contribution is 2.32. The van der Waals surface area contributed by atoms with Gasteiger partial charge >= 0.3 is 12.0 Å². The van der Waals surface area contributed by atoms with Crippen LogP contribution in [0.1, 0.15) is 24.4 Å². The monoisotopic (exact) mass is 264 g/mol. The SMILES string of the molecule is Cc1nccc(CNC(=O)NC(C(=O)O)C2CC2)n1. The zero-order chi connectivity index (χ0) is 13.8. The third kappa shape index (κ3) is 3.90. The molecule has 1 unspecified atom stereocenters. The molecule has 0 radical (unpaired) electrons. The number of carbonyl (C=O) groups excluding carboxylic acids is 1.